The van der Waals surface area contributed by atoms with Gasteiger partial charge in [-0.05, 0) is 36.1 Å². The van der Waals surface area contributed by atoms with Gasteiger partial charge in [0, 0.05) is 12.0 Å². The van der Waals surface area contributed by atoms with E-state index in [0.29, 0.717) is 6.42 Å². The summed E-state index contributed by atoms with van der Waals surface area (Å²) in [5.74, 6) is -1.16. The Bertz CT molecular complexity index is 682. The lowest BCUT2D eigenvalue weighted by molar-refractivity contribution is 0.488. The predicted molar refractivity (Wildman–Crippen MR) is 72.1 cm³/mol. The van der Waals surface area contributed by atoms with Gasteiger partial charge in [0.25, 0.3) is 0 Å². The normalized spacial score (nSPS) is 20.4. The molecular weight excluding hydrogens is 256 g/mol. The molecular formula is C17H13F2N. The first kappa shape index (κ1) is 12.8. The zero-order valence-corrected chi connectivity index (χ0v) is 10.9. The quantitative estimate of drug-likeness (QED) is 0.810. The Morgan fingerprint density at radius 2 is 1.75 bits per heavy atom. The van der Waals surface area contributed by atoms with Crippen molar-refractivity contribution in [2.45, 2.75) is 24.7 Å². The first-order chi connectivity index (χ1) is 9.66. The lowest BCUT2D eigenvalue weighted by atomic mass is 9.78. The summed E-state index contributed by atoms with van der Waals surface area (Å²) >= 11 is 0. The topological polar surface area (TPSA) is 23.8 Å². The average Bonchev–Trinajstić information content (AvgIpc) is 2.83. The predicted octanol–water partition coefficient (Wildman–Crippen LogP) is 3.92. The Morgan fingerprint density at radius 1 is 1.05 bits per heavy atom. The molecule has 1 nitrogen and oxygen atoms in total. The van der Waals surface area contributed by atoms with Crippen molar-refractivity contribution in [3.8, 4) is 6.07 Å². The smallest absolute Gasteiger partial charge is 0.129 e. The van der Waals surface area contributed by atoms with Gasteiger partial charge in [0.2, 0.25) is 0 Å². The number of hydrogen-bond acceptors (Lipinski definition) is 1. The molecule has 1 unspecified atom stereocenters. The number of hydrogen-bond donors (Lipinski definition) is 0. The van der Waals surface area contributed by atoms with Crippen LogP contribution in [-0.2, 0) is 18.3 Å². The van der Waals surface area contributed by atoms with Crippen LogP contribution in [0.5, 0.6) is 0 Å². The van der Waals surface area contributed by atoms with Crippen molar-refractivity contribution in [2.75, 3.05) is 0 Å². The van der Waals surface area contributed by atoms with Crippen molar-refractivity contribution in [1.82, 2.24) is 0 Å². The molecule has 0 saturated heterocycles. The van der Waals surface area contributed by atoms with Crippen LogP contribution in [0.1, 0.15) is 23.1 Å². The van der Waals surface area contributed by atoms with E-state index in [4.69, 9.17) is 0 Å². The molecule has 1 atom stereocenters. The average molecular weight is 269 g/mol. The summed E-state index contributed by atoms with van der Waals surface area (Å²) in [5, 5.41) is 9.61. The van der Waals surface area contributed by atoms with Gasteiger partial charge in [-0.3, -0.25) is 0 Å². The van der Waals surface area contributed by atoms with E-state index in [9.17, 15) is 14.0 Å². The summed E-state index contributed by atoms with van der Waals surface area (Å²) in [6.45, 7) is 0. The number of aryl methyl sites for hydroxylation is 1. The molecule has 2 aromatic rings. The van der Waals surface area contributed by atoms with E-state index in [-0.39, 0.29) is 12.0 Å². The fourth-order valence-corrected chi connectivity index (χ4v) is 3.03. The highest BCUT2D eigenvalue weighted by molar-refractivity contribution is 5.46. The molecule has 1 aliphatic carbocycles. The highest BCUT2D eigenvalue weighted by Crippen LogP contribution is 2.41. The second-order valence-electron chi connectivity index (χ2n) is 5.23. The van der Waals surface area contributed by atoms with Crippen LogP contribution in [0.15, 0.2) is 42.5 Å². The zero-order valence-electron chi connectivity index (χ0n) is 10.9. The number of fused-ring (bicyclic) bond motifs is 1. The van der Waals surface area contributed by atoms with Gasteiger partial charge in [-0.15, -0.1) is 0 Å². The molecule has 0 heterocycles. The van der Waals surface area contributed by atoms with Gasteiger partial charge >= 0.3 is 0 Å². The molecule has 100 valence electrons. The summed E-state index contributed by atoms with van der Waals surface area (Å²) in [6, 6.07) is 13.8. The molecule has 0 N–H and O–H groups in total. The molecule has 0 spiro atoms. The van der Waals surface area contributed by atoms with Crippen LogP contribution >= 0.6 is 0 Å². The Balaban J connectivity index is 2.07. The van der Waals surface area contributed by atoms with E-state index in [2.05, 4.69) is 6.07 Å². The largest absolute Gasteiger partial charge is 0.207 e. The molecule has 0 bridgehead atoms. The van der Waals surface area contributed by atoms with Crippen LogP contribution in [0.3, 0.4) is 0 Å². The summed E-state index contributed by atoms with van der Waals surface area (Å²) < 4.78 is 27.7. The van der Waals surface area contributed by atoms with Gasteiger partial charge in [0.05, 0.1) is 11.5 Å². The second-order valence-corrected chi connectivity index (χ2v) is 5.23. The molecule has 0 aromatic heterocycles. The number of nitrogens with zero attached hydrogens (tertiary/aromatic N) is 1. The van der Waals surface area contributed by atoms with E-state index in [1.54, 1.807) is 0 Å². The monoisotopic (exact) mass is 269 g/mol. The van der Waals surface area contributed by atoms with Gasteiger partial charge in [-0.25, -0.2) is 8.78 Å². The van der Waals surface area contributed by atoms with Gasteiger partial charge < -0.3 is 0 Å². The van der Waals surface area contributed by atoms with E-state index < -0.39 is 17.0 Å². The van der Waals surface area contributed by atoms with Crippen LogP contribution in [0.2, 0.25) is 0 Å². The Labute approximate surface area is 116 Å². The summed E-state index contributed by atoms with van der Waals surface area (Å²) in [4.78, 5) is 0. The Kier molecular flexibility index (Phi) is 3.02. The van der Waals surface area contributed by atoms with Crippen LogP contribution in [-0.4, -0.2) is 0 Å². The van der Waals surface area contributed by atoms with E-state index in [0.717, 1.165) is 17.5 Å². The van der Waals surface area contributed by atoms with Crippen molar-refractivity contribution < 1.29 is 8.78 Å². The third kappa shape index (κ3) is 1.89. The van der Waals surface area contributed by atoms with Gasteiger partial charge in [0.1, 0.15) is 11.6 Å². The molecule has 0 aliphatic heterocycles. The minimum atomic E-state index is -0.820. The number of nitriles is 1. The van der Waals surface area contributed by atoms with E-state index in [1.165, 1.54) is 18.2 Å². The number of benzene rings is 2. The molecule has 0 fully saturated rings. The van der Waals surface area contributed by atoms with Crippen molar-refractivity contribution in [1.29, 1.82) is 5.26 Å². The maximum atomic E-state index is 13.8. The minimum absolute atomic E-state index is 0.00533. The Hall–Kier alpha value is -2.21. The highest BCUT2D eigenvalue weighted by atomic mass is 19.1. The van der Waals surface area contributed by atoms with E-state index >= 15 is 0 Å². The fraction of sp³-hybridized carbons (Fsp3) is 0.235. The molecule has 3 rings (SSSR count). The van der Waals surface area contributed by atoms with Crippen LogP contribution in [0.4, 0.5) is 8.78 Å². The number of rotatable bonds is 2. The lowest BCUT2D eigenvalue weighted by Crippen LogP contribution is -2.25. The maximum Gasteiger partial charge on any atom is 0.129 e. The fourth-order valence-electron chi connectivity index (χ4n) is 3.03. The molecule has 2 aromatic carbocycles. The maximum absolute atomic E-state index is 13.8. The van der Waals surface area contributed by atoms with Crippen molar-refractivity contribution in [3.05, 3.63) is 70.8 Å². The van der Waals surface area contributed by atoms with E-state index in [1.807, 2.05) is 24.3 Å². The van der Waals surface area contributed by atoms with Crippen LogP contribution in [0, 0.1) is 23.0 Å². The van der Waals surface area contributed by atoms with Crippen molar-refractivity contribution in [2.24, 2.45) is 0 Å². The third-order valence-corrected chi connectivity index (χ3v) is 4.11. The first-order valence-electron chi connectivity index (χ1n) is 6.59. The summed E-state index contributed by atoms with van der Waals surface area (Å²) in [7, 11) is 0. The Morgan fingerprint density at radius 3 is 2.45 bits per heavy atom. The zero-order chi connectivity index (χ0) is 14.2. The molecule has 3 heteroatoms. The van der Waals surface area contributed by atoms with Crippen molar-refractivity contribution in [3.63, 3.8) is 0 Å². The molecule has 1 aliphatic rings. The minimum Gasteiger partial charge on any atom is -0.207 e. The molecule has 20 heavy (non-hydrogen) atoms. The van der Waals surface area contributed by atoms with Crippen LogP contribution < -0.4 is 0 Å². The van der Waals surface area contributed by atoms with Gasteiger partial charge in [-0.1, -0.05) is 30.3 Å². The SMILES string of the molecule is N#CC1(Cc2c(F)cccc2F)CCc2ccccc21. The van der Waals surface area contributed by atoms with Crippen LogP contribution in [0.25, 0.3) is 0 Å². The summed E-state index contributed by atoms with van der Waals surface area (Å²) in [5.41, 5.74) is 1.20. The number of halogens is 2. The third-order valence-electron chi connectivity index (χ3n) is 4.11. The molecule has 0 amide bonds. The standard InChI is InChI=1S/C17H13F2N/c18-15-6-3-7-16(19)13(15)10-17(11-20)9-8-12-4-1-2-5-14(12)17/h1-7H,8-10H2. The summed E-state index contributed by atoms with van der Waals surface area (Å²) in [6.07, 6.45) is 1.47. The van der Waals surface area contributed by atoms with Crippen molar-refractivity contribution >= 4 is 0 Å². The van der Waals surface area contributed by atoms with Gasteiger partial charge in [-0.2, -0.15) is 5.26 Å². The first-order valence-corrected chi connectivity index (χ1v) is 6.59. The second kappa shape index (κ2) is 4.72. The van der Waals surface area contributed by atoms with Gasteiger partial charge in [0.15, 0.2) is 0 Å². The lowest BCUT2D eigenvalue weighted by Gasteiger charge is -2.22. The molecule has 0 radical (unpaired) electrons. The molecule has 0 saturated carbocycles. The highest BCUT2D eigenvalue weighted by Gasteiger charge is 2.40.